The van der Waals surface area contributed by atoms with Crippen LogP contribution in [0.15, 0.2) is 0 Å². The number of carbonyl (C=O) groups is 2. The molecular weight excluding hydrogens is 260 g/mol. The Bertz CT molecular complexity index is 298. The molecule has 0 fully saturated rings. The molecule has 1 amide bonds. The van der Waals surface area contributed by atoms with Crippen LogP contribution in [0.1, 0.15) is 47.0 Å². The SMILES string of the molecule is CC(C)(N)CCOC(C)(C)CCC(=O)NCCOC=O. The summed E-state index contributed by atoms with van der Waals surface area (Å²) in [4.78, 5) is 21.5. The molecule has 6 heteroatoms. The van der Waals surface area contributed by atoms with E-state index in [0.29, 0.717) is 32.5 Å². The minimum absolute atomic E-state index is 0.0738. The first-order valence-corrected chi connectivity index (χ1v) is 6.91. The second-order valence-electron chi connectivity index (χ2n) is 6.16. The Hall–Kier alpha value is -1.14. The number of rotatable bonds is 11. The van der Waals surface area contributed by atoms with Crippen molar-refractivity contribution >= 4 is 12.4 Å². The van der Waals surface area contributed by atoms with E-state index in [9.17, 15) is 9.59 Å². The molecule has 0 heterocycles. The molecule has 0 aliphatic carbocycles. The molecule has 0 atom stereocenters. The molecule has 0 aromatic rings. The molecule has 0 aromatic carbocycles. The van der Waals surface area contributed by atoms with Gasteiger partial charge in [-0.05, 0) is 40.5 Å². The number of amides is 1. The van der Waals surface area contributed by atoms with Gasteiger partial charge in [-0.15, -0.1) is 0 Å². The van der Waals surface area contributed by atoms with Gasteiger partial charge < -0.3 is 20.5 Å². The van der Waals surface area contributed by atoms with Crippen LogP contribution in [0.25, 0.3) is 0 Å². The minimum Gasteiger partial charge on any atom is -0.466 e. The monoisotopic (exact) mass is 288 g/mol. The molecule has 0 rings (SSSR count). The maximum atomic E-state index is 11.6. The van der Waals surface area contributed by atoms with Crippen LogP contribution in [0.5, 0.6) is 0 Å². The molecule has 0 aromatic heterocycles. The highest BCUT2D eigenvalue weighted by molar-refractivity contribution is 5.75. The molecule has 0 aliphatic rings. The number of nitrogens with two attached hydrogens (primary N) is 1. The zero-order valence-corrected chi connectivity index (χ0v) is 13.0. The second-order valence-corrected chi connectivity index (χ2v) is 6.16. The zero-order valence-electron chi connectivity index (χ0n) is 13.0. The van der Waals surface area contributed by atoms with E-state index in [2.05, 4.69) is 10.1 Å². The van der Waals surface area contributed by atoms with E-state index < -0.39 is 0 Å². The summed E-state index contributed by atoms with van der Waals surface area (Å²) < 4.78 is 10.3. The highest BCUT2D eigenvalue weighted by Gasteiger charge is 2.21. The molecule has 20 heavy (non-hydrogen) atoms. The molecule has 0 radical (unpaired) electrons. The van der Waals surface area contributed by atoms with Gasteiger partial charge in [-0.1, -0.05) is 0 Å². The van der Waals surface area contributed by atoms with Gasteiger partial charge in [-0.25, -0.2) is 0 Å². The van der Waals surface area contributed by atoms with Crippen LogP contribution >= 0.6 is 0 Å². The maximum Gasteiger partial charge on any atom is 0.293 e. The lowest BCUT2D eigenvalue weighted by molar-refractivity contribution is -0.130. The smallest absolute Gasteiger partial charge is 0.293 e. The van der Waals surface area contributed by atoms with Gasteiger partial charge in [0.15, 0.2) is 0 Å². The molecule has 3 N–H and O–H groups in total. The Balaban J connectivity index is 3.79. The van der Waals surface area contributed by atoms with Gasteiger partial charge in [0.1, 0.15) is 6.61 Å². The van der Waals surface area contributed by atoms with E-state index in [4.69, 9.17) is 10.5 Å². The van der Waals surface area contributed by atoms with Crippen molar-refractivity contribution in [3.63, 3.8) is 0 Å². The first-order valence-electron chi connectivity index (χ1n) is 6.91. The van der Waals surface area contributed by atoms with Gasteiger partial charge in [0.25, 0.3) is 6.47 Å². The highest BCUT2D eigenvalue weighted by atomic mass is 16.5. The van der Waals surface area contributed by atoms with Gasteiger partial charge in [-0.3, -0.25) is 9.59 Å². The van der Waals surface area contributed by atoms with Crippen molar-refractivity contribution in [3.8, 4) is 0 Å². The fraction of sp³-hybridized carbons (Fsp3) is 0.857. The van der Waals surface area contributed by atoms with Crippen LogP contribution in [0, 0.1) is 0 Å². The summed E-state index contributed by atoms with van der Waals surface area (Å²) in [6, 6.07) is 0. The number of carbonyl (C=O) groups excluding carboxylic acids is 2. The highest BCUT2D eigenvalue weighted by Crippen LogP contribution is 2.18. The van der Waals surface area contributed by atoms with Crippen LogP contribution in [-0.4, -0.2) is 43.3 Å². The Morgan fingerprint density at radius 1 is 1.20 bits per heavy atom. The Morgan fingerprint density at radius 2 is 1.85 bits per heavy atom. The van der Waals surface area contributed by atoms with E-state index >= 15 is 0 Å². The van der Waals surface area contributed by atoms with Gasteiger partial charge >= 0.3 is 0 Å². The van der Waals surface area contributed by atoms with E-state index in [1.807, 2.05) is 27.7 Å². The molecule has 0 saturated heterocycles. The predicted molar refractivity (Wildman–Crippen MR) is 77.2 cm³/mol. The third-order valence-corrected chi connectivity index (χ3v) is 2.80. The predicted octanol–water partition coefficient (Wildman–Crippen LogP) is 0.978. The standard InChI is InChI=1S/C14H28N2O4/c1-13(2,15)7-9-20-14(3,4)6-5-12(18)16-8-10-19-11-17/h11H,5-10,15H2,1-4H3,(H,16,18). The molecular formula is C14H28N2O4. The van der Waals surface area contributed by atoms with Crippen LogP contribution < -0.4 is 11.1 Å². The van der Waals surface area contributed by atoms with Gasteiger partial charge in [0.05, 0.1) is 12.1 Å². The molecule has 118 valence electrons. The Morgan fingerprint density at radius 3 is 2.40 bits per heavy atom. The van der Waals surface area contributed by atoms with Crippen molar-refractivity contribution in [2.75, 3.05) is 19.8 Å². The number of nitrogens with one attached hydrogen (secondary N) is 1. The van der Waals surface area contributed by atoms with Gasteiger partial charge in [0, 0.05) is 18.6 Å². The molecule has 0 saturated carbocycles. The minimum atomic E-state index is -0.359. The van der Waals surface area contributed by atoms with E-state index in [1.54, 1.807) is 0 Å². The summed E-state index contributed by atoms with van der Waals surface area (Å²) in [6.45, 7) is 9.29. The third kappa shape index (κ3) is 11.9. The largest absolute Gasteiger partial charge is 0.466 e. The first kappa shape index (κ1) is 18.9. The molecule has 0 aliphatic heterocycles. The van der Waals surface area contributed by atoms with Crippen molar-refractivity contribution in [1.29, 1.82) is 0 Å². The topological polar surface area (TPSA) is 90.7 Å². The molecule has 0 bridgehead atoms. The second kappa shape index (κ2) is 8.92. The van der Waals surface area contributed by atoms with Crippen molar-refractivity contribution in [2.45, 2.75) is 58.1 Å². The van der Waals surface area contributed by atoms with E-state index in [-0.39, 0.29) is 23.7 Å². The Labute approximate surface area is 121 Å². The number of ether oxygens (including phenoxy) is 2. The van der Waals surface area contributed by atoms with Crippen LogP contribution in [0.4, 0.5) is 0 Å². The summed E-state index contributed by atoms with van der Waals surface area (Å²) in [7, 11) is 0. The maximum absolute atomic E-state index is 11.6. The van der Waals surface area contributed by atoms with Crippen molar-refractivity contribution in [3.05, 3.63) is 0 Å². The summed E-state index contributed by atoms with van der Waals surface area (Å²) in [5, 5.41) is 2.67. The molecule has 0 unspecified atom stereocenters. The Kier molecular flexibility index (Phi) is 8.41. The summed E-state index contributed by atoms with van der Waals surface area (Å²) >= 11 is 0. The average Bonchev–Trinajstić information content (AvgIpc) is 2.30. The normalized spacial score (nSPS) is 12.1. The summed E-state index contributed by atoms with van der Waals surface area (Å²) in [5.74, 6) is -0.0738. The summed E-state index contributed by atoms with van der Waals surface area (Å²) in [5.41, 5.74) is 5.28. The lowest BCUT2D eigenvalue weighted by Crippen LogP contribution is -2.36. The fourth-order valence-corrected chi connectivity index (χ4v) is 1.46. The van der Waals surface area contributed by atoms with Gasteiger partial charge in [-0.2, -0.15) is 0 Å². The quantitative estimate of drug-likeness (QED) is 0.437. The van der Waals surface area contributed by atoms with Crippen molar-refractivity contribution in [2.24, 2.45) is 5.73 Å². The average molecular weight is 288 g/mol. The van der Waals surface area contributed by atoms with Crippen LogP contribution in [0.2, 0.25) is 0 Å². The zero-order chi connectivity index (χ0) is 15.6. The molecule has 6 nitrogen and oxygen atoms in total. The van der Waals surface area contributed by atoms with Crippen molar-refractivity contribution in [1.82, 2.24) is 5.32 Å². The lowest BCUT2D eigenvalue weighted by Gasteiger charge is -2.27. The van der Waals surface area contributed by atoms with E-state index in [0.717, 1.165) is 6.42 Å². The molecule has 0 spiro atoms. The van der Waals surface area contributed by atoms with Crippen LogP contribution in [-0.2, 0) is 19.1 Å². The first-order chi connectivity index (χ1) is 9.16. The summed E-state index contributed by atoms with van der Waals surface area (Å²) in [6.07, 6.45) is 1.77. The fourth-order valence-electron chi connectivity index (χ4n) is 1.46. The number of hydrogen-bond donors (Lipinski definition) is 2. The van der Waals surface area contributed by atoms with Gasteiger partial charge in [0.2, 0.25) is 5.91 Å². The van der Waals surface area contributed by atoms with E-state index in [1.165, 1.54) is 0 Å². The lowest BCUT2D eigenvalue weighted by atomic mass is 10.0. The van der Waals surface area contributed by atoms with Crippen LogP contribution in [0.3, 0.4) is 0 Å². The third-order valence-electron chi connectivity index (χ3n) is 2.80. The van der Waals surface area contributed by atoms with Crippen molar-refractivity contribution < 1.29 is 19.1 Å². The number of hydrogen-bond acceptors (Lipinski definition) is 5.